The molecule has 22 heavy (non-hydrogen) atoms. The van der Waals surface area contributed by atoms with Gasteiger partial charge < -0.3 is 9.63 Å². The van der Waals surface area contributed by atoms with Gasteiger partial charge in [-0.1, -0.05) is 17.7 Å². The summed E-state index contributed by atoms with van der Waals surface area (Å²) >= 11 is 1.03. The van der Waals surface area contributed by atoms with E-state index < -0.39 is 13.5 Å². The Balaban J connectivity index is 2.48. The zero-order valence-electron chi connectivity index (χ0n) is 12.7. The number of carboxylic acid groups (broad SMARTS) is 1. The molecule has 0 fully saturated rings. The van der Waals surface area contributed by atoms with Crippen LogP contribution in [0, 0.1) is 20.8 Å². The van der Waals surface area contributed by atoms with E-state index >= 15 is 0 Å². The number of carboxylic acids is 1. The molecule has 0 saturated heterocycles. The Labute approximate surface area is 132 Å². The molecule has 1 atom stereocenters. The molecule has 6 nitrogen and oxygen atoms in total. The largest absolute Gasteiger partial charge is 0.477 e. The van der Waals surface area contributed by atoms with E-state index in [0.717, 1.165) is 22.5 Å². The van der Waals surface area contributed by atoms with Crippen molar-refractivity contribution in [2.24, 2.45) is 0 Å². The lowest BCUT2D eigenvalue weighted by atomic mass is 10.2. The third-order valence-electron chi connectivity index (χ3n) is 3.11. The molecule has 2 aromatic rings. The van der Waals surface area contributed by atoms with E-state index in [1.165, 1.54) is 7.11 Å². The van der Waals surface area contributed by atoms with Gasteiger partial charge in [0, 0.05) is 7.11 Å². The van der Waals surface area contributed by atoms with Gasteiger partial charge in [0.05, 0.1) is 10.3 Å². The normalized spacial score (nSPS) is 13.6. The Morgan fingerprint density at radius 3 is 2.59 bits per heavy atom. The van der Waals surface area contributed by atoms with Gasteiger partial charge in [0.25, 0.3) is 0 Å². The molecule has 2 rings (SSSR count). The summed E-state index contributed by atoms with van der Waals surface area (Å²) < 4.78 is 18.3. The standard InChI is InChI=1S/C14H17N2O4PS/c1-8-5-6-11(9(2)7-8)21(19,20-4)16-13-12(14(17)18)22-10(3)15-13/h5-7H,1-4H3,(H,16,19)(H,17,18). The average molecular weight is 340 g/mol. The summed E-state index contributed by atoms with van der Waals surface area (Å²) in [6.07, 6.45) is 0. The molecule has 8 heteroatoms. The number of rotatable bonds is 5. The van der Waals surface area contributed by atoms with E-state index in [4.69, 9.17) is 4.52 Å². The van der Waals surface area contributed by atoms with E-state index in [2.05, 4.69) is 10.1 Å². The van der Waals surface area contributed by atoms with E-state index in [1.54, 1.807) is 13.0 Å². The van der Waals surface area contributed by atoms with Crippen molar-refractivity contribution < 1.29 is 19.0 Å². The Kier molecular flexibility index (Phi) is 4.70. The first-order valence-electron chi connectivity index (χ1n) is 6.49. The molecular formula is C14H17N2O4PS. The number of aromatic carboxylic acids is 1. The van der Waals surface area contributed by atoms with Crippen molar-refractivity contribution in [3.8, 4) is 0 Å². The average Bonchev–Trinajstić information content (AvgIpc) is 2.79. The number of hydrogen-bond donors (Lipinski definition) is 2. The molecule has 2 N–H and O–H groups in total. The summed E-state index contributed by atoms with van der Waals surface area (Å²) in [5.74, 6) is -1.04. The lowest BCUT2D eigenvalue weighted by Crippen LogP contribution is -2.17. The lowest BCUT2D eigenvalue weighted by molar-refractivity contribution is 0.0703. The van der Waals surface area contributed by atoms with E-state index in [-0.39, 0.29) is 10.7 Å². The quantitative estimate of drug-likeness (QED) is 0.812. The number of aromatic nitrogens is 1. The summed E-state index contributed by atoms with van der Waals surface area (Å²) in [4.78, 5) is 15.4. The molecule has 0 saturated carbocycles. The zero-order valence-corrected chi connectivity index (χ0v) is 14.4. The number of carbonyl (C=O) groups is 1. The highest BCUT2D eigenvalue weighted by Gasteiger charge is 2.30. The number of nitrogens with zero attached hydrogens (tertiary/aromatic N) is 1. The summed E-state index contributed by atoms with van der Waals surface area (Å²) in [6, 6.07) is 5.45. The van der Waals surface area contributed by atoms with Crippen LogP contribution < -0.4 is 10.4 Å². The first kappa shape index (κ1) is 16.7. The second kappa shape index (κ2) is 6.20. The highest BCUT2D eigenvalue weighted by molar-refractivity contribution is 7.68. The van der Waals surface area contributed by atoms with Crippen LogP contribution in [0.2, 0.25) is 0 Å². The van der Waals surface area contributed by atoms with Crippen LogP contribution in [0.5, 0.6) is 0 Å². The van der Waals surface area contributed by atoms with Crippen molar-refractivity contribution in [1.29, 1.82) is 0 Å². The summed E-state index contributed by atoms with van der Waals surface area (Å²) in [6.45, 7) is 5.46. The number of thiazole rings is 1. The molecule has 0 amide bonds. The topological polar surface area (TPSA) is 88.5 Å². The maximum atomic E-state index is 13.1. The highest BCUT2D eigenvalue weighted by atomic mass is 32.1. The summed E-state index contributed by atoms with van der Waals surface area (Å²) in [5.41, 5.74) is 1.85. The van der Waals surface area contributed by atoms with Crippen LogP contribution in [0.1, 0.15) is 25.8 Å². The fourth-order valence-electron chi connectivity index (χ4n) is 2.13. The van der Waals surface area contributed by atoms with Crippen LogP contribution >= 0.6 is 18.9 Å². The minimum absolute atomic E-state index is 0.0135. The van der Waals surface area contributed by atoms with Crippen molar-refractivity contribution in [2.75, 3.05) is 12.2 Å². The number of hydrogen-bond acceptors (Lipinski definition) is 5. The van der Waals surface area contributed by atoms with Gasteiger partial charge in [-0.2, -0.15) is 0 Å². The molecular weight excluding hydrogens is 323 g/mol. The molecule has 1 aromatic carbocycles. The van der Waals surface area contributed by atoms with E-state index in [1.807, 2.05) is 26.0 Å². The summed E-state index contributed by atoms with van der Waals surface area (Å²) in [7, 11) is -2.13. The van der Waals surface area contributed by atoms with Gasteiger partial charge in [-0.3, -0.25) is 9.65 Å². The number of anilines is 1. The van der Waals surface area contributed by atoms with Gasteiger partial charge in [-0.15, -0.1) is 11.3 Å². The Morgan fingerprint density at radius 2 is 2.05 bits per heavy atom. The second-order valence-corrected chi connectivity index (χ2v) is 8.23. The molecule has 1 heterocycles. The zero-order chi connectivity index (χ0) is 16.5. The molecule has 118 valence electrons. The van der Waals surface area contributed by atoms with Crippen molar-refractivity contribution in [1.82, 2.24) is 4.98 Å². The molecule has 0 aliphatic heterocycles. The predicted molar refractivity (Wildman–Crippen MR) is 87.6 cm³/mol. The van der Waals surface area contributed by atoms with Gasteiger partial charge >= 0.3 is 13.5 Å². The minimum atomic E-state index is -3.45. The maximum absolute atomic E-state index is 13.1. The molecule has 0 aliphatic rings. The van der Waals surface area contributed by atoms with E-state index in [9.17, 15) is 14.5 Å². The van der Waals surface area contributed by atoms with Crippen LogP contribution in [-0.4, -0.2) is 23.2 Å². The fraction of sp³-hybridized carbons (Fsp3) is 0.286. The fourth-order valence-corrected chi connectivity index (χ4v) is 4.56. The monoisotopic (exact) mass is 340 g/mol. The van der Waals surface area contributed by atoms with E-state index in [0.29, 0.717) is 10.3 Å². The van der Waals surface area contributed by atoms with Crippen LogP contribution in [0.4, 0.5) is 5.82 Å². The number of nitrogens with one attached hydrogen (secondary N) is 1. The second-order valence-electron chi connectivity index (χ2n) is 4.85. The van der Waals surface area contributed by atoms with Crippen LogP contribution in [0.15, 0.2) is 18.2 Å². The van der Waals surface area contributed by atoms with Gasteiger partial charge in [0.2, 0.25) is 0 Å². The predicted octanol–water partition coefficient (Wildman–Crippen LogP) is 3.34. The van der Waals surface area contributed by atoms with Gasteiger partial charge in [-0.25, -0.2) is 9.78 Å². The SMILES string of the molecule is COP(=O)(Nc1nc(C)sc1C(=O)O)c1ccc(C)cc1C. The molecule has 0 aliphatic carbocycles. The lowest BCUT2D eigenvalue weighted by Gasteiger charge is -2.20. The number of aryl methyl sites for hydroxylation is 3. The molecule has 0 radical (unpaired) electrons. The Bertz CT molecular complexity index is 772. The molecule has 0 bridgehead atoms. The van der Waals surface area contributed by atoms with Crippen LogP contribution in [0.25, 0.3) is 0 Å². The van der Waals surface area contributed by atoms with Crippen molar-refractivity contribution >= 4 is 35.9 Å². The smallest absolute Gasteiger partial charge is 0.349 e. The van der Waals surface area contributed by atoms with Crippen LogP contribution in [-0.2, 0) is 9.09 Å². The van der Waals surface area contributed by atoms with Crippen molar-refractivity contribution in [2.45, 2.75) is 20.8 Å². The van der Waals surface area contributed by atoms with Crippen LogP contribution in [0.3, 0.4) is 0 Å². The Morgan fingerprint density at radius 1 is 1.36 bits per heavy atom. The first-order chi connectivity index (χ1) is 10.3. The molecule has 0 spiro atoms. The van der Waals surface area contributed by atoms with Crippen molar-refractivity contribution in [3.05, 3.63) is 39.2 Å². The molecule has 1 unspecified atom stereocenters. The van der Waals surface area contributed by atoms with Gasteiger partial charge in [0.15, 0.2) is 10.7 Å². The first-order valence-corrected chi connectivity index (χ1v) is 8.93. The third kappa shape index (κ3) is 3.21. The number of benzene rings is 1. The van der Waals surface area contributed by atoms with Gasteiger partial charge in [0.1, 0.15) is 0 Å². The maximum Gasteiger partial charge on any atom is 0.349 e. The summed E-state index contributed by atoms with van der Waals surface area (Å²) in [5, 5.41) is 13.0. The minimum Gasteiger partial charge on any atom is -0.477 e. The Hall–Kier alpha value is -1.69. The highest BCUT2D eigenvalue weighted by Crippen LogP contribution is 2.46. The van der Waals surface area contributed by atoms with Crippen molar-refractivity contribution in [3.63, 3.8) is 0 Å². The molecule has 1 aromatic heterocycles. The third-order valence-corrected chi connectivity index (χ3v) is 6.22. The van der Waals surface area contributed by atoms with Gasteiger partial charge in [-0.05, 0) is 32.4 Å².